The topological polar surface area (TPSA) is 20.2 Å². The SMILES string of the molecule is CC(C=C1C=CC=CC1)c1ccc(O)cc1. The fourth-order valence-corrected chi connectivity index (χ4v) is 1.85. The number of phenols is 1. The molecule has 1 aromatic carbocycles. The second-order valence-electron chi connectivity index (χ2n) is 4.11. The molecular formula is C15H16O. The lowest BCUT2D eigenvalue weighted by atomic mass is 9.96. The number of hydrogen-bond donors (Lipinski definition) is 1. The average molecular weight is 212 g/mol. The third-order valence-corrected chi connectivity index (χ3v) is 2.79. The predicted octanol–water partition coefficient (Wildman–Crippen LogP) is 3.94. The van der Waals surface area contributed by atoms with Gasteiger partial charge < -0.3 is 5.11 Å². The highest BCUT2D eigenvalue weighted by atomic mass is 16.3. The number of aromatic hydroxyl groups is 1. The average Bonchev–Trinajstić information content (AvgIpc) is 2.31. The lowest BCUT2D eigenvalue weighted by molar-refractivity contribution is 0.475. The molecule has 0 amide bonds. The molecule has 0 aromatic heterocycles. The van der Waals surface area contributed by atoms with E-state index in [2.05, 4.69) is 37.3 Å². The van der Waals surface area contributed by atoms with Gasteiger partial charge in [0, 0.05) is 0 Å². The Morgan fingerprint density at radius 2 is 1.94 bits per heavy atom. The summed E-state index contributed by atoms with van der Waals surface area (Å²) in [7, 11) is 0. The molecule has 1 atom stereocenters. The first-order chi connectivity index (χ1) is 7.75. The van der Waals surface area contributed by atoms with Crippen LogP contribution >= 0.6 is 0 Å². The maximum absolute atomic E-state index is 9.22. The maximum atomic E-state index is 9.22. The number of phenolic OH excluding ortho intramolecular Hbond substituents is 1. The Labute approximate surface area is 96.4 Å². The minimum Gasteiger partial charge on any atom is -0.508 e. The zero-order chi connectivity index (χ0) is 11.4. The van der Waals surface area contributed by atoms with Crippen LogP contribution in [0.3, 0.4) is 0 Å². The quantitative estimate of drug-likeness (QED) is 0.787. The molecule has 1 nitrogen and oxygen atoms in total. The Morgan fingerprint density at radius 1 is 1.19 bits per heavy atom. The van der Waals surface area contributed by atoms with E-state index < -0.39 is 0 Å². The molecule has 0 fully saturated rings. The molecule has 0 aliphatic heterocycles. The van der Waals surface area contributed by atoms with Gasteiger partial charge in [-0.2, -0.15) is 0 Å². The zero-order valence-corrected chi connectivity index (χ0v) is 9.43. The van der Waals surface area contributed by atoms with Crippen LogP contribution in [0.25, 0.3) is 0 Å². The van der Waals surface area contributed by atoms with Crippen molar-refractivity contribution in [3.05, 3.63) is 65.8 Å². The van der Waals surface area contributed by atoms with Crippen LogP contribution in [-0.2, 0) is 0 Å². The van der Waals surface area contributed by atoms with Crippen LogP contribution in [0.1, 0.15) is 24.8 Å². The van der Waals surface area contributed by atoms with Gasteiger partial charge in [0.25, 0.3) is 0 Å². The number of rotatable bonds is 2. The van der Waals surface area contributed by atoms with Gasteiger partial charge in [0.2, 0.25) is 0 Å². The monoisotopic (exact) mass is 212 g/mol. The molecule has 0 bridgehead atoms. The van der Waals surface area contributed by atoms with E-state index in [0.29, 0.717) is 11.7 Å². The zero-order valence-electron chi connectivity index (χ0n) is 9.43. The van der Waals surface area contributed by atoms with Crippen LogP contribution < -0.4 is 0 Å². The first-order valence-corrected chi connectivity index (χ1v) is 5.58. The number of benzene rings is 1. The Kier molecular flexibility index (Phi) is 3.25. The van der Waals surface area contributed by atoms with E-state index in [1.54, 1.807) is 12.1 Å². The molecule has 82 valence electrons. The number of allylic oxidation sites excluding steroid dienone is 6. The molecule has 0 saturated heterocycles. The van der Waals surface area contributed by atoms with Gasteiger partial charge in [0.1, 0.15) is 5.75 Å². The van der Waals surface area contributed by atoms with Crippen LogP contribution in [0, 0.1) is 0 Å². The predicted molar refractivity (Wildman–Crippen MR) is 67.5 cm³/mol. The van der Waals surface area contributed by atoms with Crippen molar-refractivity contribution in [3.63, 3.8) is 0 Å². The van der Waals surface area contributed by atoms with Crippen LogP contribution in [0.15, 0.2) is 60.2 Å². The molecule has 16 heavy (non-hydrogen) atoms. The lowest BCUT2D eigenvalue weighted by Gasteiger charge is -2.10. The van der Waals surface area contributed by atoms with E-state index in [4.69, 9.17) is 0 Å². The maximum Gasteiger partial charge on any atom is 0.115 e. The van der Waals surface area contributed by atoms with Gasteiger partial charge in [-0.1, -0.05) is 49.4 Å². The minimum absolute atomic E-state index is 0.323. The van der Waals surface area contributed by atoms with E-state index in [1.807, 2.05) is 12.1 Å². The molecule has 1 unspecified atom stereocenters. The molecular weight excluding hydrogens is 196 g/mol. The van der Waals surface area contributed by atoms with Crippen LogP contribution in [0.2, 0.25) is 0 Å². The van der Waals surface area contributed by atoms with E-state index in [0.717, 1.165) is 6.42 Å². The molecule has 1 N–H and O–H groups in total. The van der Waals surface area contributed by atoms with Gasteiger partial charge in [-0.3, -0.25) is 0 Å². The summed E-state index contributed by atoms with van der Waals surface area (Å²) >= 11 is 0. The first kappa shape index (κ1) is 10.7. The summed E-state index contributed by atoms with van der Waals surface area (Å²) in [5, 5.41) is 9.22. The molecule has 1 aromatic rings. The van der Waals surface area contributed by atoms with E-state index in [-0.39, 0.29) is 0 Å². The fraction of sp³-hybridized carbons (Fsp3) is 0.200. The van der Waals surface area contributed by atoms with Crippen LogP contribution in [0.4, 0.5) is 0 Å². The third-order valence-electron chi connectivity index (χ3n) is 2.79. The largest absolute Gasteiger partial charge is 0.508 e. The molecule has 2 rings (SSSR count). The van der Waals surface area contributed by atoms with Gasteiger partial charge in [-0.25, -0.2) is 0 Å². The Hall–Kier alpha value is -1.76. The highest BCUT2D eigenvalue weighted by molar-refractivity contribution is 5.35. The van der Waals surface area contributed by atoms with Gasteiger partial charge in [-0.05, 0) is 35.6 Å². The van der Waals surface area contributed by atoms with Gasteiger partial charge >= 0.3 is 0 Å². The van der Waals surface area contributed by atoms with Crippen LogP contribution in [0.5, 0.6) is 5.75 Å². The summed E-state index contributed by atoms with van der Waals surface area (Å²) in [5.41, 5.74) is 2.58. The Balaban J connectivity index is 2.13. The second kappa shape index (κ2) is 4.84. The molecule has 1 heteroatoms. The van der Waals surface area contributed by atoms with Gasteiger partial charge in [0.05, 0.1) is 0 Å². The summed E-state index contributed by atoms with van der Waals surface area (Å²) < 4.78 is 0. The van der Waals surface area contributed by atoms with E-state index in [9.17, 15) is 5.11 Å². The fourth-order valence-electron chi connectivity index (χ4n) is 1.85. The normalized spacial score (nSPS) is 18.9. The standard InChI is InChI=1S/C15H16O/c1-12(11-13-5-3-2-4-6-13)14-7-9-15(16)10-8-14/h2-5,7-12,16H,6H2,1H3. The van der Waals surface area contributed by atoms with Crippen molar-refractivity contribution in [2.24, 2.45) is 0 Å². The molecule has 0 heterocycles. The molecule has 0 spiro atoms. The summed E-state index contributed by atoms with van der Waals surface area (Å²) in [6.45, 7) is 2.17. The highest BCUT2D eigenvalue weighted by Crippen LogP contribution is 2.23. The van der Waals surface area contributed by atoms with Crippen molar-refractivity contribution in [1.29, 1.82) is 0 Å². The number of hydrogen-bond acceptors (Lipinski definition) is 1. The summed E-state index contributed by atoms with van der Waals surface area (Å²) in [4.78, 5) is 0. The molecule has 0 radical (unpaired) electrons. The molecule has 1 aliphatic rings. The Morgan fingerprint density at radius 3 is 2.56 bits per heavy atom. The molecule has 0 saturated carbocycles. The second-order valence-corrected chi connectivity index (χ2v) is 4.11. The van der Waals surface area contributed by atoms with Crippen molar-refractivity contribution >= 4 is 0 Å². The Bertz CT molecular complexity index is 435. The summed E-state index contributed by atoms with van der Waals surface area (Å²) in [6, 6.07) is 7.42. The van der Waals surface area contributed by atoms with Crippen molar-refractivity contribution in [2.45, 2.75) is 19.3 Å². The summed E-state index contributed by atoms with van der Waals surface area (Å²) in [5.74, 6) is 0.704. The van der Waals surface area contributed by atoms with Gasteiger partial charge in [0.15, 0.2) is 0 Å². The smallest absolute Gasteiger partial charge is 0.115 e. The first-order valence-electron chi connectivity index (χ1n) is 5.58. The van der Waals surface area contributed by atoms with Crippen molar-refractivity contribution in [3.8, 4) is 5.75 Å². The molecule has 1 aliphatic carbocycles. The van der Waals surface area contributed by atoms with Crippen molar-refractivity contribution in [2.75, 3.05) is 0 Å². The van der Waals surface area contributed by atoms with E-state index >= 15 is 0 Å². The van der Waals surface area contributed by atoms with Crippen molar-refractivity contribution < 1.29 is 5.11 Å². The van der Waals surface area contributed by atoms with Crippen LogP contribution in [-0.4, -0.2) is 5.11 Å². The van der Waals surface area contributed by atoms with E-state index in [1.165, 1.54) is 11.1 Å². The summed E-state index contributed by atoms with van der Waals surface area (Å²) in [6.07, 6.45) is 11.7. The third kappa shape index (κ3) is 2.63. The lowest BCUT2D eigenvalue weighted by Crippen LogP contribution is -1.91. The van der Waals surface area contributed by atoms with Gasteiger partial charge in [-0.15, -0.1) is 0 Å². The minimum atomic E-state index is 0.323. The highest BCUT2D eigenvalue weighted by Gasteiger charge is 2.03. The van der Waals surface area contributed by atoms with Crippen molar-refractivity contribution in [1.82, 2.24) is 0 Å².